The van der Waals surface area contributed by atoms with Gasteiger partial charge >= 0.3 is 0 Å². The van der Waals surface area contributed by atoms with Crippen LogP contribution in [0.15, 0.2) is 18.2 Å². The van der Waals surface area contributed by atoms with Crippen molar-refractivity contribution in [1.82, 2.24) is 0 Å². The van der Waals surface area contributed by atoms with E-state index in [1.807, 2.05) is 0 Å². The Balaban J connectivity index is 1.92. The summed E-state index contributed by atoms with van der Waals surface area (Å²) in [5.74, 6) is 0.689. The Hall–Kier alpha value is -1.25. The quantitative estimate of drug-likeness (QED) is 0.783. The molecule has 2 atom stereocenters. The molecular weight excluding hydrogens is 241 g/mol. The highest BCUT2D eigenvalue weighted by atomic mass is 19.1. The third-order valence-corrected chi connectivity index (χ3v) is 3.91. The van der Waals surface area contributed by atoms with Crippen molar-refractivity contribution in [3.8, 4) is 5.75 Å². The average Bonchev–Trinajstić information content (AvgIpc) is 2.33. The van der Waals surface area contributed by atoms with Gasteiger partial charge in [-0.25, -0.2) is 4.39 Å². The summed E-state index contributed by atoms with van der Waals surface area (Å²) in [6.07, 6.45) is 6.16. The number of hydrogen-bond donors (Lipinski definition) is 2. The number of aromatic hydroxyl groups is 1. The molecule has 2 rings (SSSR count). The lowest BCUT2D eigenvalue weighted by Gasteiger charge is -2.31. The van der Waals surface area contributed by atoms with E-state index in [2.05, 4.69) is 19.2 Å². The number of rotatable bonds is 4. The van der Waals surface area contributed by atoms with Crippen molar-refractivity contribution in [2.75, 3.05) is 5.32 Å². The molecule has 1 aliphatic rings. The zero-order valence-corrected chi connectivity index (χ0v) is 11.8. The second-order valence-corrected chi connectivity index (χ2v) is 6.17. The number of phenolic OH excluding ortho intramolecular Hbond substituents is 1. The van der Waals surface area contributed by atoms with Crippen molar-refractivity contribution in [3.63, 3.8) is 0 Å². The van der Waals surface area contributed by atoms with Crippen molar-refractivity contribution in [1.29, 1.82) is 0 Å². The molecule has 0 bridgehead atoms. The summed E-state index contributed by atoms with van der Waals surface area (Å²) >= 11 is 0. The van der Waals surface area contributed by atoms with Gasteiger partial charge in [-0.1, -0.05) is 26.7 Å². The molecule has 1 saturated carbocycles. The van der Waals surface area contributed by atoms with Crippen LogP contribution in [0.3, 0.4) is 0 Å². The van der Waals surface area contributed by atoms with Gasteiger partial charge in [-0.15, -0.1) is 0 Å². The zero-order valence-electron chi connectivity index (χ0n) is 11.8. The maximum absolute atomic E-state index is 13.3. The van der Waals surface area contributed by atoms with E-state index in [9.17, 15) is 9.50 Å². The minimum absolute atomic E-state index is 0.285. The highest BCUT2D eigenvalue weighted by Gasteiger charge is 2.22. The molecule has 19 heavy (non-hydrogen) atoms. The molecule has 106 valence electrons. The van der Waals surface area contributed by atoms with Gasteiger partial charge in [0.15, 0.2) is 11.6 Å². The Labute approximate surface area is 115 Å². The molecule has 0 heterocycles. The van der Waals surface area contributed by atoms with E-state index in [0.717, 1.165) is 23.9 Å². The van der Waals surface area contributed by atoms with Gasteiger partial charge in [-0.05, 0) is 43.2 Å². The summed E-state index contributed by atoms with van der Waals surface area (Å²) < 4.78 is 13.3. The van der Waals surface area contributed by atoms with Gasteiger partial charge < -0.3 is 10.4 Å². The number of phenols is 1. The van der Waals surface area contributed by atoms with Gasteiger partial charge in [0.25, 0.3) is 0 Å². The smallest absolute Gasteiger partial charge is 0.166 e. The first-order valence-corrected chi connectivity index (χ1v) is 7.29. The molecular formula is C16H24FNO. The van der Waals surface area contributed by atoms with Crippen LogP contribution in [0.5, 0.6) is 5.75 Å². The third kappa shape index (κ3) is 4.12. The molecule has 0 spiro atoms. The molecule has 2 nitrogen and oxygen atoms in total. The Morgan fingerprint density at radius 1 is 1.37 bits per heavy atom. The van der Waals surface area contributed by atoms with Gasteiger partial charge in [0.1, 0.15) is 0 Å². The van der Waals surface area contributed by atoms with Crippen LogP contribution in [0.4, 0.5) is 10.1 Å². The van der Waals surface area contributed by atoms with Gasteiger partial charge in [0, 0.05) is 17.8 Å². The van der Waals surface area contributed by atoms with E-state index in [0.29, 0.717) is 6.04 Å². The fourth-order valence-electron chi connectivity index (χ4n) is 3.14. The van der Waals surface area contributed by atoms with Crippen LogP contribution < -0.4 is 5.32 Å². The Morgan fingerprint density at radius 2 is 2.16 bits per heavy atom. The van der Waals surface area contributed by atoms with Gasteiger partial charge in [-0.2, -0.15) is 0 Å². The van der Waals surface area contributed by atoms with Crippen LogP contribution in [0.2, 0.25) is 0 Å². The second kappa shape index (κ2) is 6.27. The Morgan fingerprint density at radius 3 is 2.84 bits per heavy atom. The number of halogens is 1. The number of benzene rings is 1. The maximum atomic E-state index is 13.3. The largest absolute Gasteiger partial charge is 0.505 e. The molecule has 0 aliphatic heterocycles. The van der Waals surface area contributed by atoms with Crippen molar-refractivity contribution in [2.24, 2.45) is 11.8 Å². The summed E-state index contributed by atoms with van der Waals surface area (Å²) in [6, 6.07) is 4.96. The van der Waals surface area contributed by atoms with E-state index >= 15 is 0 Å². The first-order chi connectivity index (χ1) is 9.04. The third-order valence-electron chi connectivity index (χ3n) is 3.91. The van der Waals surface area contributed by atoms with E-state index < -0.39 is 5.82 Å². The van der Waals surface area contributed by atoms with Crippen LogP contribution in [0, 0.1) is 17.7 Å². The number of anilines is 1. The zero-order chi connectivity index (χ0) is 13.8. The maximum Gasteiger partial charge on any atom is 0.166 e. The summed E-state index contributed by atoms with van der Waals surface area (Å²) in [5.41, 5.74) is 0.769. The molecule has 0 aromatic heterocycles. The highest BCUT2D eigenvalue weighted by molar-refractivity contribution is 5.47. The molecule has 0 saturated heterocycles. The summed E-state index contributed by atoms with van der Waals surface area (Å²) in [4.78, 5) is 0. The second-order valence-electron chi connectivity index (χ2n) is 6.17. The molecule has 3 heteroatoms. The van der Waals surface area contributed by atoms with Crippen molar-refractivity contribution in [2.45, 2.75) is 52.0 Å². The molecule has 1 aliphatic carbocycles. The summed E-state index contributed by atoms with van der Waals surface area (Å²) in [5, 5.41) is 12.6. The lowest BCUT2D eigenvalue weighted by Crippen LogP contribution is -2.28. The van der Waals surface area contributed by atoms with Crippen molar-refractivity contribution >= 4 is 5.69 Å². The van der Waals surface area contributed by atoms with E-state index in [1.54, 1.807) is 6.07 Å². The standard InChI is InChI=1S/C16H24FNO/c1-11(2)8-12-4-3-5-13(9-12)18-14-6-7-16(19)15(17)10-14/h6-7,10-13,18-19H,3-5,8-9H2,1-2H3. The lowest BCUT2D eigenvalue weighted by molar-refractivity contribution is 0.289. The molecule has 1 aromatic carbocycles. The predicted molar refractivity (Wildman–Crippen MR) is 76.9 cm³/mol. The van der Waals surface area contributed by atoms with E-state index in [-0.39, 0.29) is 5.75 Å². The van der Waals surface area contributed by atoms with Gasteiger partial charge in [-0.3, -0.25) is 0 Å². The molecule has 2 N–H and O–H groups in total. The Kier molecular flexibility index (Phi) is 4.67. The summed E-state index contributed by atoms with van der Waals surface area (Å²) in [6.45, 7) is 4.54. The highest BCUT2D eigenvalue weighted by Crippen LogP contribution is 2.31. The van der Waals surface area contributed by atoms with Crippen molar-refractivity contribution in [3.05, 3.63) is 24.0 Å². The van der Waals surface area contributed by atoms with Crippen LogP contribution >= 0.6 is 0 Å². The topological polar surface area (TPSA) is 32.3 Å². The molecule has 0 radical (unpaired) electrons. The van der Waals surface area contributed by atoms with Gasteiger partial charge in [0.05, 0.1) is 0 Å². The molecule has 2 unspecified atom stereocenters. The van der Waals surface area contributed by atoms with Crippen molar-refractivity contribution < 1.29 is 9.50 Å². The Bertz CT molecular complexity index is 419. The fraction of sp³-hybridized carbons (Fsp3) is 0.625. The van der Waals surface area contributed by atoms with E-state index in [4.69, 9.17) is 0 Å². The van der Waals surface area contributed by atoms with E-state index in [1.165, 1.54) is 37.8 Å². The SMILES string of the molecule is CC(C)CC1CCCC(Nc2ccc(O)c(F)c2)C1. The number of hydrogen-bond acceptors (Lipinski definition) is 2. The molecule has 1 fully saturated rings. The lowest BCUT2D eigenvalue weighted by atomic mass is 9.81. The summed E-state index contributed by atoms with van der Waals surface area (Å²) in [7, 11) is 0. The predicted octanol–water partition coefficient (Wildman–Crippen LogP) is 4.55. The van der Waals surface area contributed by atoms with Gasteiger partial charge in [0.2, 0.25) is 0 Å². The first kappa shape index (κ1) is 14.2. The molecule has 0 amide bonds. The minimum Gasteiger partial charge on any atom is -0.505 e. The van der Waals surface area contributed by atoms with Crippen LogP contribution in [0.1, 0.15) is 46.0 Å². The fourth-order valence-corrected chi connectivity index (χ4v) is 3.14. The normalized spacial score (nSPS) is 23.6. The van der Waals surface area contributed by atoms with Crippen LogP contribution in [0.25, 0.3) is 0 Å². The first-order valence-electron chi connectivity index (χ1n) is 7.29. The average molecular weight is 265 g/mol. The molecule has 1 aromatic rings. The number of nitrogens with one attached hydrogen (secondary N) is 1. The van der Waals surface area contributed by atoms with Crippen LogP contribution in [-0.2, 0) is 0 Å². The minimum atomic E-state index is -0.556. The van der Waals surface area contributed by atoms with Crippen LogP contribution in [-0.4, -0.2) is 11.1 Å². The monoisotopic (exact) mass is 265 g/mol.